The van der Waals surface area contributed by atoms with E-state index in [1.165, 1.54) is 0 Å². The Morgan fingerprint density at radius 2 is 1.45 bits per heavy atom. The van der Waals surface area contributed by atoms with Gasteiger partial charge in [-0.05, 0) is 44.5 Å². The van der Waals surface area contributed by atoms with Gasteiger partial charge in [-0.3, -0.25) is 0 Å². The van der Waals surface area contributed by atoms with Gasteiger partial charge in [0, 0.05) is 27.7 Å². The molecule has 0 aliphatic heterocycles. The quantitative estimate of drug-likeness (QED) is 0.496. The number of fused-ring (bicyclic) bond motifs is 3. The molecule has 3 nitrogen and oxygen atoms in total. The van der Waals surface area contributed by atoms with Crippen molar-refractivity contribution in [1.29, 1.82) is 0 Å². The van der Waals surface area contributed by atoms with E-state index in [4.69, 9.17) is 4.42 Å². The number of benzene rings is 2. The summed E-state index contributed by atoms with van der Waals surface area (Å²) >= 11 is 0. The lowest BCUT2D eigenvalue weighted by Crippen LogP contribution is -1.98. The molecule has 0 radical (unpaired) electrons. The summed E-state index contributed by atoms with van der Waals surface area (Å²) in [6.07, 6.45) is 0. The summed E-state index contributed by atoms with van der Waals surface area (Å²) in [5.41, 5.74) is 5.95. The number of para-hydroxylation sites is 1. The Labute approximate surface area is 128 Å². The van der Waals surface area contributed by atoms with E-state index in [9.17, 15) is 0 Å². The minimum Gasteiger partial charge on any atom is -0.456 e. The summed E-state index contributed by atoms with van der Waals surface area (Å²) in [5, 5.41) is 2.26. The molecular formula is C19H16N2O. The minimum atomic E-state index is 0.753. The van der Waals surface area contributed by atoms with Crippen LogP contribution >= 0.6 is 0 Å². The highest BCUT2D eigenvalue weighted by Crippen LogP contribution is 2.31. The van der Waals surface area contributed by atoms with E-state index < -0.39 is 0 Å². The molecule has 4 rings (SSSR count). The van der Waals surface area contributed by atoms with E-state index in [0.29, 0.717) is 0 Å². The van der Waals surface area contributed by atoms with Crippen LogP contribution < -0.4 is 0 Å². The Balaban J connectivity index is 1.94. The van der Waals surface area contributed by atoms with Gasteiger partial charge in [-0.2, -0.15) is 0 Å². The molecule has 0 aliphatic carbocycles. The van der Waals surface area contributed by atoms with E-state index in [-0.39, 0.29) is 0 Å². The van der Waals surface area contributed by atoms with Gasteiger partial charge in [0.1, 0.15) is 11.2 Å². The Morgan fingerprint density at radius 1 is 0.773 bits per heavy atom. The van der Waals surface area contributed by atoms with Gasteiger partial charge in [0.25, 0.3) is 0 Å². The third-order valence-corrected chi connectivity index (χ3v) is 4.27. The Bertz CT molecular complexity index is 991. The number of rotatable bonds is 1. The van der Waals surface area contributed by atoms with Crippen molar-refractivity contribution in [2.45, 2.75) is 20.8 Å². The molecule has 0 aliphatic rings. The highest BCUT2D eigenvalue weighted by atomic mass is 16.3. The standard InChI is InChI=1S/C19H16N2O/c1-11-12(2)20-19(21-13(11)3)14-8-9-16-15-6-4-5-7-17(15)22-18(16)10-14/h4-10H,1-3H3. The highest BCUT2D eigenvalue weighted by molar-refractivity contribution is 6.05. The summed E-state index contributed by atoms with van der Waals surface area (Å²) in [4.78, 5) is 9.22. The lowest BCUT2D eigenvalue weighted by molar-refractivity contribution is 0.669. The molecule has 3 heteroatoms. The van der Waals surface area contributed by atoms with Gasteiger partial charge in [-0.25, -0.2) is 9.97 Å². The molecule has 0 N–H and O–H groups in total. The molecule has 0 saturated heterocycles. The first kappa shape index (κ1) is 13.0. The van der Waals surface area contributed by atoms with Gasteiger partial charge >= 0.3 is 0 Å². The van der Waals surface area contributed by atoms with Crippen LogP contribution in [0.2, 0.25) is 0 Å². The van der Waals surface area contributed by atoms with Crippen molar-refractivity contribution in [3.05, 3.63) is 59.4 Å². The third kappa shape index (κ3) is 1.90. The zero-order valence-electron chi connectivity index (χ0n) is 12.8. The molecule has 0 bridgehead atoms. The predicted octanol–water partition coefficient (Wildman–Crippen LogP) is 4.97. The number of furan rings is 1. The number of aromatic nitrogens is 2. The average Bonchev–Trinajstić information content (AvgIpc) is 2.89. The second-order valence-corrected chi connectivity index (χ2v) is 5.65. The Hall–Kier alpha value is -2.68. The number of aryl methyl sites for hydroxylation is 2. The van der Waals surface area contributed by atoms with Gasteiger partial charge in [0.05, 0.1) is 0 Å². The van der Waals surface area contributed by atoms with Crippen LogP contribution in [0.3, 0.4) is 0 Å². The van der Waals surface area contributed by atoms with Gasteiger partial charge in [0.2, 0.25) is 0 Å². The van der Waals surface area contributed by atoms with Gasteiger partial charge in [0.15, 0.2) is 5.82 Å². The van der Waals surface area contributed by atoms with Crippen molar-refractivity contribution in [2.24, 2.45) is 0 Å². The molecule has 2 aromatic heterocycles. The van der Waals surface area contributed by atoms with Crippen LogP contribution in [-0.2, 0) is 0 Å². The molecule has 0 amide bonds. The summed E-state index contributed by atoms with van der Waals surface area (Å²) in [5.74, 6) is 0.753. The molecule has 0 unspecified atom stereocenters. The van der Waals surface area contributed by atoms with Gasteiger partial charge in [-0.1, -0.05) is 24.3 Å². The van der Waals surface area contributed by atoms with E-state index in [2.05, 4.69) is 35.1 Å². The fourth-order valence-electron chi connectivity index (χ4n) is 2.77. The third-order valence-electron chi connectivity index (χ3n) is 4.27. The van der Waals surface area contributed by atoms with Gasteiger partial charge in [-0.15, -0.1) is 0 Å². The van der Waals surface area contributed by atoms with Crippen molar-refractivity contribution < 1.29 is 4.42 Å². The smallest absolute Gasteiger partial charge is 0.159 e. The first-order valence-corrected chi connectivity index (χ1v) is 7.37. The van der Waals surface area contributed by atoms with Crippen LogP contribution in [0.15, 0.2) is 46.9 Å². The second kappa shape index (κ2) is 4.67. The van der Waals surface area contributed by atoms with Crippen LogP contribution in [0.25, 0.3) is 33.3 Å². The zero-order valence-corrected chi connectivity index (χ0v) is 12.8. The largest absolute Gasteiger partial charge is 0.456 e. The Kier molecular flexibility index (Phi) is 2.76. The van der Waals surface area contributed by atoms with Crippen LogP contribution in [0, 0.1) is 20.8 Å². The maximum atomic E-state index is 5.94. The molecule has 2 heterocycles. The summed E-state index contributed by atoms with van der Waals surface area (Å²) in [7, 11) is 0. The lowest BCUT2D eigenvalue weighted by atomic mass is 10.1. The van der Waals surface area contributed by atoms with Crippen molar-refractivity contribution in [3.63, 3.8) is 0 Å². The lowest BCUT2D eigenvalue weighted by Gasteiger charge is -2.07. The number of hydrogen-bond acceptors (Lipinski definition) is 3. The van der Waals surface area contributed by atoms with Crippen molar-refractivity contribution >= 4 is 21.9 Å². The van der Waals surface area contributed by atoms with Crippen LogP contribution in [0.4, 0.5) is 0 Å². The molecule has 0 saturated carbocycles. The van der Waals surface area contributed by atoms with Crippen molar-refractivity contribution in [1.82, 2.24) is 9.97 Å². The fraction of sp³-hybridized carbons (Fsp3) is 0.158. The average molecular weight is 288 g/mol. The minimum absolute atomic E-state index is 0.753. The van der Waals surface area contributed by atoms with Crippen molar-refractivity contribution in [2.75, 3.05) is 0 Å². The molecule has 0 spiro atoms. The van der Waals surface area contributed by atoms with Crippen LogP contribution in [0.5, 0.6) is 0 Å². The zero-order chi connectivity index (χ0) is 15.3. The maximum absolute atomic E-state index is 5.94. The molecule has 0 fully saturated rings. The second-order valence-electron chi connectivity index (χ2n) is 5.65. The molecule has 22 heavy (non-hydrogen) atoms. The van der Waals surface area contributed by atoms with Crippen LogP contribution in [0.1, 0.15) is 17.0 Å². The topological polar surface area (TPSA) is 38.9 Å². The van der Waals surface area contributed by atoms with E-state index in [1.54, 1.807) is 0 Å². The van der Waals surface area contributed by atoms with Gasteiger partial charge < -0.3 is 4.42 Å². The highest BCUT2D eigenvalue weighted by Gasteiger charge is 2.11. The number of hydrogen-bond donors (Lipinski definition) is 0. The SMILES string of the molecule is Cc1nc(-c2ccc3c(c2)oc2ccccc23)nc(C)c1C. The first-order valence-electron chi connectivity index (χ1n) is 7.37. The fourth-order valence-corrected chi connectivity index (χ4v) is 2.77. The Morgan fingerprint density at radius 3 is 2.23 bits per heavy atom. The van der Waals surface area contributed by atoms with Crippen molar-refractivity contribution in [3.8, 4) is 11.4 Å². The van der Waals surface area contributed by atoms with E-state index in [1.807, 2.05) is 38.1 Å². The van der Waals surface area contributed by atoms with E-state index >= 15 is 0 Å². The van der Waals surface area contributed by atoms with E-state index in [0.717, 1.165) is 50.3 Å². The first-order chi connectivity index (χ1) is 10.6. The molecular weight excluding hydrogens is 272 g/mol. The molecule has 2 aromatic carbocycles. The normalized spacial score (nSPS) is 11.4. The molecule has 108 valence electrons. The maximum Gasteiger partial charge on any atom is 0.159 e. The molecule has 0 atom stereocenters. The number of nitrogens with zero attached hydrogens (tertiary/aromatic N) is 2. The van der Waals surface area contributed by atoms with Crippen LogP contribution in [-0.4, -0.2) is 9.97 Å². The molecule has 4 aromatic rings. The summed E-state index contributed by atoms with van der Waals surface area (Å²) < 4.78 is 5.94. The summed E-state index contributed by atoms with van der Waals surface area (Å²) in [6, 6.07) is 14.3. The summed E-state index contributed by atoms with van der Waals surface area (Å²) in [6.45, 7) is 6.09. The predicted molar refractivity (Wildman–Crippen MR) is 89.0 cm³/mol. The monoisotopic (exact) mass is 288 g/mol.